The number of carbonyl (C=O) groups excluding carboxylic acids is 2. The van der Waals surface area contributed by atoms with E-state index in [9.17, 15) is 26.4 Å². The number of benzene rings is 1. The molecule has 3 atom stereocenters. The molecule has 3 fully saturated rings. The zero-order valence-corrected chi connectivity index (χ0v) is 18.2. The van der Waals surface area contributed by atoms with Gasteiger partial charge in [0.05, 0.1) is 16.4 Å². The molecular weight excluding hydrogens is 428 g/mol. The summed E-state index contributed by atoms with van der Waals surface area (Å²) in [6, 6.07) is 5.20. The maximum atomic E-state index is 12.7. The van der Waals surface area contributed by atoms with Gasteiger partial charge in [0.2, 0.25) is 15.9 Å². The number of carbonyl (C=O) groups is 2. The van der Waals surface area contributed by atoms with E-state index in [4.69, 9.17) is 0 Å². The molecule has 1 amide bonds. The van der Waals surface area contributed by atoms with E-state index in [0.29, 0.717) is 24.3 Å². The van der Waals surface area contributed by atoms with Crippen molar-refractivity contribution in [1.82, 2.24) is 4.72 Å². The maximum Gasteiger partial charge on any atom is 0.240 e. The monoisotopic (exact) mass is 454 g/mol. The van der Waals surface area contributed by atoms with Gasteiger partial charge in [-0.2, -0.15) is 0 Å². The summed E-state index contributed by atoms with van der Waals surface area (Å²) in [6.07, 6.45) is 4.21. The highest BCUT2D eigenvalue weighted by Crippen LogP contribution is 2.40. The van der Waals surface area contributed by atoms with Gasteiger partial charge in [0.15, 0.2) is 9.84 Å². The largest absolute Gasteiger partial charge is 0.326 e. The van der Waals surface area contributed by atoms with E-state index in [1.54, 1.807) is 0 Å². The van der Waals surface area contributed by atoms with Crippen molar-refractivity contribution < 1.29 is 26.4 Å². The second-order valence-corrected chi connectivity index (χ2v) is 12.6. The smallest absolute Gasteiger partial charge is 0.240 e. The number of amides is 1. The highest BCUT2D eigenvalue weighted by molar-refractivity contribution is 7.92. The number of anilines is 1. The molecule has 1 aromatic rings. The number of nitrogens with one attached hydrogen (secondary N) is 2. The van der Waals surface area contributed by atoms with Crippen molar-refractivity contribution in [3.8, 4) is 0 Å². The fraction of sp³-hybridized carbons (Fsp3) is 0.600. The van der Waals surface area contributed by atoms with Crippen molar-refractivity contribution in [3.05, 3.63) is 24.3 Å². The van der Waals surface area contributed by atoms with Crippen molar-refractivity contribution in [2.75, 3.05) is 16.8 Å². The number of hydrogen-bond acceptors (Lipinski definition) is 6. The van der Waals surface area contributed by atoms with E-state index in [0.717, 1.165) is 19.3 Å². The molecular formula is C20H26N2O6S2. The number of sulfone groups is 1. The highest BCUT2D eigenvalue weighted by Gasteiger charge is 2.41. The predicted molar refractivity (Wildman–Crippen MR) is 111 cm³/mol. The molecule has 1 saturated heterocycles. The molecule has 8 nitrogen and oxygen atoms in total. The zero-order valence-electron chi connectivity index (χ0n) is 16.5. The van der Waals surface area contributed by atoms with Crippen LogP contribution in [0.3, 0.4) is 0 Å². The van der Waals surface area contributed by atoms with Crippen LogP contribution >= 0.6 is 0 Å². The summed E-state index contributed by atoms with van der Waals surface area (Å²) < 4.78 is 50.5. The van der Waals surface area contributed by atoms with Crippen LogP contribution in [-0.2, 0) is 29.4 Å². The zero-order chi connectivity index (χ0) is 21.5. The summed E-state index contributed by atoms with van der Waals surface area (Å²) in [4.78, 5) is 24.9. The van der Waals surface area contributed by atoms with E-state index >= 15 is 0 Å². The molecule has 2 bridgehead atoms. The summed E-state index contributed by atoms with van der Waals surface area (Å²) in [5.41, 5.74) is 0.490. The standard InChI is InChI=1S/C20H26N2O6S2/c23-19-13-2-1-3-14(19)11-15(10-13)20(24)21-16-4-6-18(7-5-16)30(27,28)22-17-8-9-29(25,26)12-17/h4-7,13-15,17,22H,1-3,8-12H2,(H,21,24). The summed E-state index contributed by atoms with van der Waals surface area (Å²) in [6.45, 7) is 0. The Morgan fingerprint density at radius 1 is 1.00 bits per heavy atom. The van der Waals surface area contributed by atoms with Crippen LogP contribution in [0.15, 0.2) is 29.2 Å². The van der Waals surface area contributed by atoms with E-state index in [1.165, 1.54) is 24.3 Å². The first-order chi connectivity index (χ1) is 14.1. The average molecular weight is 455 g/mol. The van der Waals surface area contributed by atoms with Crippen LogP contribution in [0.1, 0.15) is 38.5 Å². The highest BCUT2D eigenvalue weighted by atomic mass is 32.2. The van der Waals surface area contributed by atoms with Crippen molar-refractivity contribution >= 4 is 37.2 Å². The van der Waals surface area contributed by atoms with Gasteiger partial charge in [-0.1, -0.05) is 6.42 Å². The normalized spacial score (nSPS) is 30.7. The first-order valence-corrected chi connectivity index (χ1v) is 13.6. The molecule has 2 saturated carbocycles. The molecule has 30 heavy (non-hydrogen) atoms. The molecule has 3 unspecified atom stereocenters. The summed E-state index contributed by atoms with van der Waals surface area (Å²) in [5.74, 6) is -0.247. The van der Waals surface area contributed by atoms with Crippen molar-refractivity contribution in [2.24, 2.45) is 17.8 Å². The summed E-state index contributed by atoms with van der Waals surface area (Å²) in [5, 5.41) is 2.83. The molecule has 2 aliphatic carbocycles. The van der Waals surface area contributed by atoms with E-state index in [-0.39, 0.29) is 46.5 Å². The van der Waals surface area contributed by atoms with Crippen molar-refractivity contribution in [3.63, 3.8) is 0 Å². The Kier molecular flexibility index (Phi) is 5.75. The lowest BCUT2D eigenvalue weighted by molar-refractivity contribution is -0.136. The first kappa shape index (κ1) is 21.5. The fourth-order valence-corrected chi connectivity index (χ4v) is 7.88. The summed E-state index contributed by atoms with van der Waals surface area (Å²) >= 11 is 0. The van der Waals surface area contributed by atoms with Gasteiger partial charge in [0, 0.05) is 29.5 Å². The number of rotatable bonds is 5. The number of ketones is 1. The van der Waals surface area contributed by atoms with E-state index in [1.807, 2.05) is 0 Å². The third-order valence-electron chi connectivity index (χ3n) is 6.41. The van der Waals surface area contributed by atoms with Crippen LogP contribution < -0.4 is 10.0 Å². The van der Waals surface area contributed by atoms with E-state index < -0.39 is 25.9 Å². The minimum absolute atomic E-state index is 0.00811. The van der Waals surface area contributed by atoms with Crippen LogP contribution in [0.5, 0.6) is 0 Å². The Hall–Kier alpha value is -1.78. The van der Waals surface area contributed by atoms with Crippen LogP contribution in [0.4, 0.5) is 5.69 Å². The Morgan fingerprint density at radius 2 is 1.63 bits per heavy atom. The van der Waals surface area contributed by atoms with Crippen LogP contribution in [0.25, 0.3) is 0 Å². The second-order valence-electron chi connectivity index (χ2n) is 8.63. The number of Topliss-reactive ketones (excluding diaryl/α,β-unsaturated/α-hetero) is 1. The fourth-order valence-electron chi connectivity index (χ4n) is 4.83. The van der Waals surface area contributed by atoms with Gasteiger partial charge in [-0.05, 0) is 56.4 Å². The van der Waals surface area contributed by atoms with Gasteiger partial charge in [-0.25, -0.2) is 21.6 Å². The number of fused-ring (bicyclic) bond motifs is 2. The quantitative estimate of drug-likeness (QED) is 0.694. The number of hydrogen-bond donors (Lipinski definition) is 2. The van der Waals surface area contributed by atoms with Crippen LogP contribution in [0, 0.1) is 17.8 Å². The molecule has 1 heterocycles. The summed E-state index contributed by atoms with van der Waals surface area (Å²) in [7, 11) is -7.03. The lowest BCUT2D eigenvalue weighted by atomic mass is 9.67. The Bertz CT molecular complexity index is 1030. The Labute approximate surface area is 176 Å². The maximum absolute atomic E-state index is 12.7. The molecule has 0 spiro atoms. The van der Waals surface area contributed by atoms with Crippen LogP contribution in [-0.4, -0.2) is 46.1 Å². The second kappa shape index (κ2) is 8.05. The molecule has 2 N–H and O–H groups in total. The lowest BCUT2D eigenvalue weighted by Crippen LogP contribution is -2.40. The SMILES string of the molecule is O=C(Nc1ccc(S(=O)(=O)NC2CCS(=O)(=O)C2)cc1)C1CC2CCCC(C1)C2=O. The van der Waals surface area contributed by atoms with E-state index in [2.05, 4.69) is 10.0 Å². The minimum atomic E-state index is -3.84. The van der Waals surface area contributed by atoms with Crippen molar-refractivity contribution in [1.29, 1.82) is 0 Å². The molecule has 164 valence electrons. The van der Waals surface area contributed by atoms with Gasteiger partial charge in [0.1, 0.15) is 5.78 Å². The Balaban J connectivity index is 1.37. The molecule has 10 heteroatoms. The first-order valence-electron chi connectivity index (χ1n) is 10.3. The van der Waals surface area contributed by atoms with Crippen LogP contribution in [0.2, 0.25) is 0 Å². The third kappa shape index (κ3) is 4.60. The minimum Gasteiger partial charge on any atom is -0.326 e. The molecule has 0 aromatic heterocycles. The van der Waals surface area contributed by atoms with Gasteiger partial charge in [-0.15, -0.1) is 0 Å². The van der Waals surface area contributed by atoms with Gasteiger partial charge in [0.25, 0.3) is 0 Å². The topological polar surface area (TPSA) is 126 Å². The molecule has 0 radical (unpaired) electrons. The number of sulfonamides is 1. The van der Waals surface area contributed by atoms with Crippen molar-refractivity contribution in [2.45, 2.75) is 49.5 Å². The average Bonchev–Trinajstić information content (AvgIpc) is 2.99. The third-order valence-corrected chi connectivity index (χ3v) is 9.71. The predicted octanol–water partition coefficient (Wildman–Crippen LogP) is 1.49. The molecule has 1 aliphatic heterocycles. The lowest BCUT2D eigenvalue weighted by Gasteiger charge is -2.36. The molecule has 1 aromatic carbocycles. The van der Waals surface area contributed by atoms with Gasteiger partial charge < -0.3 is 5.32 Å². The molecule has 3 aliphatic rings. The Morgan fingerprint density at radius 3 is 2.20 bits per heavy atom. The molecule has 4 rings (SSSR count). The van der Waals surface area contributed by atoms with Gasteiger partial charge >= 0.3 is 0 Å². The van der Waals surface area contributed by atoms with Gasteiger partial charge in [-0.3, -0.25) is 9.59 Å².